The quantitative estimate of drug-likeness (QED) is 0.415. The van der Waals surface area contributed by atoms with Gasteiger partial charge in [-0.1, -0.05) is 11.3 Å². The maximum atomic E-state index is 13.3. The first-order chi connectivity index (χ1) is 17.6. The van der Waals surface area contributed by atoms with Crippen LogP contribution in [0.15, 0.2) is 52.4 Å². The summed E-state index contributed by atoms with van der Waals surface area (Å²) in [5.74, 6) is -2.36. The number of sulfonamides is 1. The van der Waals surface area contributed by atoms with Crippen LogP contribution in [-0.4, -0.2) is 61.4 Å². The average Bonchev–Trinajstić information content (AvgIpc) is 3.50. The first-order valence-electron chi connectivity index (χ1n) is 11.4. The maximum absolute atomic E-state index is 13.3. The summed E-state index contributed by atoms with van der Waals surface area (Å²) >= 11 is 1.07. The number of aromatic nitrogens is 1. The Balaban J connectivity index is 1.74. The SMILES string of the molecule is CCOC(=O)Cn1c(=NC(=O)C2CCCN2S(=O)(=O)c2ccc(F)cc2)sc2cc(C(=O)OC)ccc21. The van der Waals surface area contributed by atoms with Gasteiger partial charge in [-0.15, -0.1) is 0 Å². The third kappa shape index (κ3) is 5.48. The molecule has 1 unspecified atom stereocenters. The van der Waals surface area contributed by atoms with Gasteiger partial charge in [-0.3, -0.25) is 9.59 Å². The van der Waals surface area contributed by atoms with Crippen LogP contribution in [0.1, 0.15) is 30.1 Å². The zero-order valence-corrected chi connectivity index (χ0v) is 21.7. The number of benzene rings is 2. The highest BCUT2D eigenvalue weighted by molar-refractivity contribution is 7.89. The third-order valence-corrected chi connectivity index (χ3v) is 8.77. The van der Waals surface area contributed by atoms with Gasteiger partial charge in [0.2, 0.25) is 10.0 Å². The second-order valence-electron chi connectivity index (χ2n) is 8.13. The van der Waals surface area contributed by atoms with Crippen LogP contribution in [-0.2, 0) is 35.6 Å². The minimum Gasteiger partial charge on any atom is -0.465 e. The van der Waals surface area contributed by atoms with Crippen LogP contribution in [0.4, 0.5) is 4.39 Å². The van der Waals surface area contributed by atoms with Gasteiger partial charge in [0, 0.05) is 6.54 Å². The summed E-state index contributed by atoms with van der Waals surface area (Å²) in [6.07, 6.45) is 0.710. The number of nitrogens with zero attached hydrogens (tertiary/aromatic N) is 3. The van der Waals surface area contributed by atoms with Gasteiger partial charge in [-0.05, 0) is 62.2 Å². The molecule has 1 atom stereocenters. The summed E-state index contributed by atoms with van der Waals surface area (Å²) in [6, 6.07) is 8.05. The predicted octanol–water partition coefficient (Wildman–Crippen LogP) is 2.47. The van der Waals surface area contributed by atoms with E-state index in [0.29, 0.717) is 16.6 Å². The Morgan fingerprint density at radius 3 is 2.57 bits per heavy atom. The molecular weight excluding hydrogens is 525 g/mol. The second kappa shape index (κ2) is 10.9. The molecular formula is C24H24FN3O7S2. The molecule has 0 radical (unpaired) electrons. The largest absolute Gasteiger partial charge is 0.465 e. The third-order valence-electron chi connectivity index (χ3n) is 5.81. The molecule has 1 amide bonds. The van der Waals surface area contributed by atoms with Crippen LogP contribution in [0.2, 0.25) is 0 Å². The number of hydrogen-bond acceptors (Lipinski definition) is 8. The molecule has 10 nitrogen and oxygen atoms in total. The number of rotatable bonds is 7. The van der Waals surface area contributed by atoms with Gasteiger partial charge in [0.15, 0.2) is 4.80 Å². The van der Waals surface area contributed by atoms with Crippen LogP contribution in [0.3, 0.4) is 0 Å². The van der Waals surface area contributed by atoms with E-state index in [1.54, 1.807) is 19.1 Å². The topological polar surface area (TPSA) is 124 Å². The lowest BCUT2D eigenvalue weighted by Crippen LogP contribution is -2.40. The number of carbonyl (C=O) groups is 3. The van der Waals surface area contributed by atoms with Gasteiger partial charge in [0.1, 0.15) is 18.4 Å². The first-order valence-corrected chi connectivity index (χ1v) is 13.6. The fourth-order valence-electron chi connectivity index (χ4n) is 4.08. The van der Waals surface area contributed by atoms with Gasteiger partial charge >= 0.3 is 11.9 Å². The van der Waals surface area contributed by atoms with Crippen molar-refractivity contribution in [2.24, 2.45) is 4.99 Å². The minimum atomic E-state index is -4.06. The van der Waals surface area contributed by atoms with Crippen molar-refractivity contribution in [2.75, 3.05) is 20.3 Å². The Kier molecular flexibility index (Phi) is 7.85. The Bertz CT molecular complexity index is 1530. The highest BCUT2D eigenvalue weighted by atomic mass is 32.2. The first kappa shape index (κ1) is 26.6. The molecule has 0 saturated carbocycles. The van der Waals surface area contributed by atoms with Crippen LogP contribution in [0.25, 0.3) is 10.2 Å². The summed E-state index contributed by atoms with van der Waals surface area (Å²) in [5.41, 5.74) is 0.823. The molecule has 0 N–H and O–H groups in total. The average molecular weight is 550 g/mol. The zero-order chi connectivity index (χ0) is 26.7. The summed E-state index contributed by atoms with van der Waals surface area (Å²) in [5, 5.41) is 0. The monoisotopic (exact) mass is 549 g/mol. The molecule has 1 saturated heterocycles. The van der Waals surface area contributed by atoms with Gasteiger partial charge in [0.05, 0.1) is 34.4 Å². The van der Waals surface area contributed by atoms with Crippen LogP contribution < -0.4 is 4.80 Å². The van der Waals surface area contributed by atoms with E-state index in [-0.39, 0.29) is 41.4 Å². The molecule has 1 aromatic heterocycles. The lowest BCUT2D eigenvalue weighted by Gasteiger charge is -2.21. The summed E-state index contributed by atoms with van der Waals surface area (Å²) < 4.78 is 52.6. The number of esters is 2. The highest BCUT2D eigenvalue weighted by Gasteiger charge is 2.39. The molecule has 1 fully saturated rings. The second-order valence-corrected chi connectivity index (χ2v) is 11.0. The van der Waals surface area contributed by atoms with E-state index in [1.165, 1.54) is 17.7 Å². The standard InChI is InChI=1S/C24H24FN3O7S2/c1-3-35-21(29)14-27-18-11-6-15(23(31)34-2)13-20(18)36-24(27)26-22(30)19-5-4-12-28(19)37(32,33)17-9-7-16(25)8-10-17/h6-11,13,19H,3-5,12,14H2,1-2H3. The van der Waals surface area contributed by atoms with E-state index < -0.39 is 39.7 Å². The molecule has 1 aliphatic rings. The highest BCUT2D eigenvalue weighted by Crippen LogP contribution is 2.27. The predicted molar refractivity (Wildman–Crippen MR) is 132 cm³/mol. The molecule has 0 aliphatic carbocycles. The summed E-state index contributed by atoms with van der Waals surface area (Å²) in [6.45, 7) is 1.71. The van der Waals surface area contributed by atoms with Gasteiger partial charge < -0.3 is 14.0 Å². The zero-order valence-electron chi connectivity index (χ0n) is 20.0. The number of thiazole rings is 1. The van der Waals surface area contributed by atoms with Crippen molar-refractivity contribution in [1.82, 2.24) is 8.87 Å². The number of carbonyl (C=O) groups excluding carboxylic acids is 3. The molecule has 0 spiro atoms. The molecule has 2 heterocycles. The van der Waals surface area contributed by atoms with E-state index >= 15 is 0 Å². The van der Waals surface area contributed by atoms with Gasteiger partial charge in [-0.25, -0.2) is 17.6 Å². The van der Waals surface area contributed by atoms with Crippen LogP contribution >= 0.6 is 11.3 Å². The van der Waals surface area contributed by atoms with E-state index in [1.807, 2.05) is 0 Å². The van der Waals surface area contributed by atoms with E-state index in [2.05, 4.69) is 4.99 Å². The van der Waals surface area contributed by atoms with Crippen molar-refractivity contribution in [1.29, 1.82) is 0 Å². The molecule has 196 valence electrons. The lowest BCUT2D eigenvalue weighted by atomic mass is 10.2. The Morgan fingerprint density at radius 2 is 1.89 bits per heavy atom. The number of halogens is 1. The Hall–Kier alpha value is -3.42. The van der Waals surface area contributed by atoms with Crippen molar-refractivity contribution in [3.05, 3.63) is 58.6 Å². The molecule has 13 heteroatoms. The molecule has 2 aromatic carbocycles. The normalized spacial score (nSPS) is 16.7. The van der Waals surface area contributed by atoms with Gasteiger partial charge in [0.25, 0.3) is 5.91 Å². The fraction of sp³-hybridized carbons (Fsp3) is 0.333. The minimum absolute atomic E-state index is 0.114. The number of ether oxygens (including phenoxy) is 2. The van der Waals surface area contributed by atoms with Crippen molar-refractivity contribution >= 4 is 49.4 Å². The summed E-state index contributed by atoms with van der Waals surface area (Å²) in [4.78, 5) is 41.8. The molecule has 3 aromatic rings. The molecule has 1 aliphatic heterocycles. The Morgan fingerprint density at radius 1 is 1.16 bits per heavy atom. The Labute approximate surface area is 216 Å². The lowest BCUT2D eigenvalue weighted by molar-refractivity contribution is -0.143. The number of hydrogen-bond donors (Lipinski definition) is 0. The molecule has 0 bridgehead atoms. The van der Waals surface area contributed by atoms with Gasteiger partial charge in [-0.2, -0.15) is 9.30 Å². The van der Waals surface area contributed by atoms with E-state index in [9.17, 15) is 27.2 Å². The molecule has 37 heavy (non-hydrogen) atoms. The number of fused-ring (bicyclic) bond motifs is 1. The smallest absolute Gasteiger partial charge is 0.337 e. The number of amides is 1. The maximum Gasteiger partial charge on any atom is 0.337 e. The van der Waals surface area contributed by atoms with Crippen molar-refractivity contribution in [3.63, 3.8) is 0 Å². The summed E-state index contributed by atoms with van der Waals surface area (Å²) in [7, 11) is -2.81. The van der Waals surface area contributed by atoms with Crippen LogP contribution in [0, 0.1) is 5.82 Å². The number of methoxy groups -OCH3 is 1. The van der Waals surface area contributed by atoms with Crippen molar-refractivity contribution in [2.45, 2.75) is 37.2 Å². The van der Waals surface area contributed by atoms with E-state index in [4.69, 9.17) is 9.47 Å². The van der Waals surface area contributed by atoms with Crippen molar-refractivity contribution in [3.8, 4) is 0 Å². The van der Waals surface area contributed by atoms with Crippen LogP contribution in [0.5, 0.6) is 0 Å². The molecule has 4 rings (SSSR count). The fourth-order valence-corrected chi connectivity index (χ4v) is 6.80. The van der Waals surface area contributed by atoms with E-state index in [0.717, 1.165) is 39.9 Å². The van der Waals surface area contributed by atoms with Crippen molar-refractivity contribution < 1.29 is 36.7 Å².